The van der Waals surface area contributed by atoms with Gasteiger partial charge in [-0.05, 0) is 81.2 Å². The maximum atomic E-state index is 13.2. The van der Waals surface area contributed by atoms with Crippen molar-refractivity contribution in [2.75, 3.05) is 39.9 Å². The van der Waals surface area contributed by atoms with Crippen molar-refractivity contribution < 1.29 is 22.7 Å². The predicted octanol–water partition coefficient (Wildman–Crippen LogP) is 5.38. The summed E-state index contributed by atoms with van der Waals surface area (Å²) in [6.45, 7) is 10.2. The number of hydrogen-bond acceptors (Lipinski definition) is 6. The Morgan fingerprint density at radius 3 is 2.50 bits per heavy atom. The normalized spacial score (nSPS) is 19.7. The molecular weight excluding hydrogens is 526 g/mol. The molecule has 0 spiro atoms. The molecule has 1 amide bonds. The van der Waals surface area contributed by atoms with Crippen molar-refractivity contribution in [1.29, 1.82) is 0 Å². The van der Waals surface area contributed by atoms with Crippen LogP contribution in [0.4, 0.5) is 4.79 Å². The number of carbonyl (C=O) groups excluding carboxylic acids is 1. The van der Waals surface area contributed by atoms with E-state index in [9.17, 15) is 13.2 Å². The number of carbonyl (C=O) groups is 1. The molecule has 1 N–H and O–H groups in total. The van der Waals surface area contributed by atoms with Crippen molar-refractivity contribution >= 4 is 16.1 Å². The number of nitrogens with zero attached hydrogens (tertiary/aromatic N) is 2. The van der Waals surface area contributed by atoms with E-state index in [0.717, 1.165) is 49.5 Å². The van der Waals surface area contributed by atoms with Crippen LogP contribution in [0.15, 0.2) is 53.4 Å². The third kappa shape index (κ3) is 8.69. The van der Waals surface area contributed by atoms with Gasteiger partial charge in [-0.3, -0.25) is 4.90 Å². The van der Waals surface area contributed by atoms with Gasteiger partial charge in [-0.25, -0.2) is 17.9 Å². The van der Waals surface area contributed by atoms with Crippen LogP contribution in [0.2, 0.25) is 0 Å². The molecular formula is C31H45N3O5S. The van der Waals surface area contributed by atoms with Gasteiger partial charge in [0.15, 0.2) is 0 Å². The number of rotatable bonds is 13. The molecule has 2 fully saturated rings. The van der Waals surface area contributed by atoms with Crippen LogP contribution in [-0.4, -0.2) is 70.2 Å². The zero-order chi connectivity index (χ0) is 28.7. The Balaban J connectivity index is 1.27. The second-order valence-corrected chi connectivity index (χ2v) is 13.3. The summed E-state index contributed by atoms with van der Waals surface area (Å²) in [6, 6.07) is 14.1. The summed E-state index contributed by atoms with van der Waals surface area (Å²) < 4.78 is 40.2. The second-order valence-electron chi connectivity index (χ2n) is 11.6. The van der Waals surface area contributed by atoms with Crippen molar-refractivity contribution in [3.63, 3.8) is 0 Å². The predicted molar refractivity (Wildman–Crippen MR) is 157 cm³/mol. The largest absolute Gasteiger partial charge is 0.497 e. The molecule has 8 nitrogen and oxygen atoms in total. The van der Waals surface area contributed by atoms with Crippen LogP contribution < -0.4 is 9.46 Å². The van der Waals surface area contributed by atoms with E-state index < -0.39 is 10.0 Å². The molecule has 1 saturated heterocycles. The molecule has 0 aromatic heterocycles. The quantitative estimate of drug-likeness (QED) is 0.347. The first-order valence-electron chi connectivity index (χ1n) is 14.5. The fraction of sp³-hybridized carbons (Fsp3) is 0.581. The van der Waals surface area contributed by atoms with Crippen LogP contribution in [0.25, 0.3) is 0 Å². The third-order valence-electron chi connectivity index (χ3n) is 7.95. The Labute approximate surface area is 240 Å². The van der Waals surface area contributed by atoms with Crippen molar-refractivity contribution in [2.24, 2.45) is 11.8 Å². The van der Waals surface area contributed by atoms with Crippen LogP contribution in [0.3, 0.4) is 0 Å². The zero-order valence-electron chi connectivity index (χ0n) is 24.3. The average molecular weight is 572 g/mol. The number of hydrogen-bond donors (Lipinski definition) is 1. The Kier molecular flexibility index (Phi) is 10.5. The van der Waals surface area contributed by atoms with Gasteiger partial charge in [0.25, 0.3) is 0 Å². The molecule has 1 unspecified atom stereocenters. The van der Waals surface area contributed by atoms with Gasteiger partial charge in [-0.15, -0.1) is 0 Å². The van der Waals surface area contributed by atoms with Gasteiger partial charge < -0.3 is 14.4 Å². The lowest BCUT2D eigenvalue weighted by Crippen LogP contribution is -2.54. The number of amides is 1. The molecule has 220 valence electrons. The highest BCUT2D eigenvalue weighted by Crippen LogP contribution is 2.30. The standard InChI is InChI=1S/C31H45N3O5S/c1-23-7-5-9-27(19-23)30(32-40(36,37)29-15-13-28(38-4)14-16-29)10-6-8-24(2)22-39-31(35)34-18-17-33(20-25(34)3)21-26-11-12-26/h5,7,9,13-16,19,24-26,30,32H,6,8,10-12,17-18,20-22H2,1-4H3/t24-,25?,30+/m1/s1. The molecule has 2 aromatic carbocycles. The van der Waals surface area contributed by atoms with E-state index in [-0.39, 0.29) is 29.0 Å². The smallest absolute Gasteiger partial charge is 0.410 e. The summed E-state index contributed by atoms with van der Waals surface area (Å²) in [5.74, 6) is 1.63. The summed E-state index contributed by atoms with van der Waals surface area (Å²) in [7, 11) is -2.18. The minimum Gasteiger partial charge on any atom is -0.497 e. The van der Waals surface area contributed by atoms with E-state index in [2.05, 4.69) is 23.5 Å². The molecule has 1 heterocycles. The summed E-state index contributed by atoms with van der Waals surface area (Å²) in [5.41, 5.74) is 2.01. The highest BCUT2D eigenvalue weighted by atomic mass is 32.2. The first-order chi connectivity index (χ1) is 19.1. The molecule has 4 rings (SSSR count). The molecule has 9 heteroatoms. The molecule has 40 heavy (non-hydrogen) atoms. The zero-order valence-corrected chi connectivity index (χ0v) is 25.2. The summed E-state index contributed by atoms with van der Waals surface area (Å²) in [5, 5.41) is 0. The van der Waals surface area contributed by atoms with E-state index in [1.165, 1.54) is 12.8 Å². The van der Waals surface area contributed by atoms with Gasteiger partial charge in [-0.1, -0.05) is 43.2 Å². The van der Waals surface area contributed by atoms with E-state index in [1.54, 1.807) is 31.4 Å². The van der Waals surface area contributed by atoms with Crippen LogP contribution in [0, 0.1) is 18.8 Å². The van der Waals surface area contributed by atoms with Crippen molar-refractivity contribution in [3.8, 4) is 5.75 Å². The number of nitrogens with one attached hydrogen (secondary N) is 1. The van der Waals surface area contributed by atoms with Gasteiger partial charge in [0.2, 0.25) is 10.0 Å². The Morgan fingerprint density at radius 1 is 1.10 bits per heavy atom. The molecule has 2 aliphatic rings. The van der Waals surface area contributed by atoms with E-state index in [1.807, 2.05) is 36.1 Å². The van der Waals surface area contributed by atoms with Gasteiger partial charge in [-0.2, -0.15) is 0 Å². The molecule has 1 saturated carbocycles. The van der Waals surface area contributed by atoms with Crippen LogP contribution >= 0.6 is 0 Å². The number of sulfonamides is 1. The van der Waals surface area contributed by atoms with Gasteiger partial charge >= 0.3 is 6.09 Å². The molecule has 1 aliphatic carbocycles. The van der Waals surface area contributed by atoms with E-state index in [4.69, 9.17) is 9.47 Å². The van der Waals surface area contributed by atoms with E-state index in [0.29, 0.717) is 25.3 Å². The fourth-order valence-electron chi connectivity index (χ4n) is 5.38. The lowest BCUT2D eigenvalue weighted by atomic mass is 9.97. The minimum absolute atomic E-state index is 0.157. The van der Waals surface area contributed by atoms with E-state index >= 15 is 0 Å². The lowest BCUT2D eigenvalue weighted by molar-refractivity contribution is 0.0432. The molecule has 3 atom stereocenters. The van der Waals surface area contributed by atoms with Gasteiger partial charge in [0.05, 0.1) is 18.6 Å². The highest BCUT2D eigenvalue weighted by molar-refractivity contribution is 7.89. The molecule has 2 aromatic rings. The van der Waals surface area contributed by atoms with Crippen molar-refractivity contribution in [2.45, 2.75) is 69.9 Å². The first kappa shape index (κ1) is 30.3. The maximum absolute atomic E-state index is 13.2. The number of piperazine rings is 1. The third-order valence-corrected chi connectivity index (χ3v) is 9.44. The Bertz CT molecular complexity index is 1220. The number of aryl methyl sites for hydroxylation is 1. The Morgan fingerprint density at radius 2 is 1.85 bits per heavy atom. The monoisotopic (exact) mass is 571 g/mol. The summed E-state index contributed by atoms with van der Waals surface area (Å²) in [4.78, 5) is 17.3. The highest BCUT2D eigenvalue weighted by Gasteiger charge is 2.32. The minimum atomic E-state index is -3.73. The summed E-state index contributed by atoms with van der Waals surface area (Å²) in [6.07, 6.45) is 4.71. The van der Waals surface area contributed by atoms with Crippen LogP contribution in [0.5, 0.6) is 5.75 Å². The summed E-state index contributed by atoms with van der Waals surface area (Å²) >= 11 is 0. The van der Waals surface area contributed by atoms with Gasteiger partial charge in [0, 0.05) is 38.3 Å². The number of benzene rings is 2. The fourth-order valence-corrected chi connectivity index (χ4v) is 6.64. The Hall–Kier alpha value is -2.62. The lowest BCUT2D eigenvalue weighted by Gasteiger charge is -2.39. The van der Waals surface area contributed by atoms with Crippen molar-refractivity contribution in [3.05, 3.63) is 59.7 Å². The number of methoxy groups -OCH3 is 1. The first-order valence-corrected chi connectivity index (χ1v) is 16.0. The SMILES string of the molecule is COc1ccc(S(=O)(=O)N[C@@H](CCC[C@@H](C)COC(=O)N2CCN(CC3CC3)CC2C)c2cccc(C)c2)cc1. The second kappa shape index (κ2) is 13.8. The molecule has 1 aliphatic heterocycles. The van der Waals surface area contributed by atoms with Crippen molar-refractivity contribution in [1.82, 2.24) is 14.5 Å². The van der Waals surface area contributed by atoms with Gasteiger partial charge in [0.1, 0.15) is 5.75 Å². The van der Waals surface area contributed by atoms with Crippen LogP contribution in [0.1, 0.15) is 63.1 Å². The number of ether oxygens (including phenoxy) is 2. The van der Waals surface area contributed by atoms with Crippen LogP contribution in [-0.2, 0) is 14.8 Å². The topological polar surface area (TPSA) is 88.2 Å². The molecule has 0 bridgehead atoms. The average Bonchev–Trinajstić information content (AvgIpc) is 3.75. The maximum Gasteiger partial charge on any atom is 0.410 e. The molecule has 0 radical (unpaired) electrons.